The summed E-state index contributed by atoms with van der Waals surface area (Å²) in [7, 11) is 0. The van der Waals surface area contributed by atoms with Gasteiger partial charge in [0.2, 0.25) is 0 Å². The molecule has 0 saturated heterocycles. The Balaban J connectivity index is 2.58. The number of fused-ring (bicyclic) bond motifs is 1. The summed E-state index contributed by atoms with van der Waals surface area (Å²) in [6, 6.07) is 7.47. The van der Waals surface area contributed by atoms with E-state index < -0.39 is 5.97 Å². The molecule has 88 valence electrons. The van der Waals surface area contributed by atoms with Gasteiger partial charge in [-0.1, -0.05) is 30.7 Å². The first-order valence-electron chi connectivity index (χ1n) is 5.34. The van der Waals surface area contributed by atoms with Crippen LogP contribution in [0.5, 0.6) is 0 Å². The fourth-order valence-corrected chi connectivity index (χ4v) is 2.31. The largest absolute Gasteiger partial charge is 0.481 e. The van der Waals surface area contributed by atoms with E-state index in [0.29, 0.717) is 5.02 Å². The molecule has 0 aliphatic rings. The highest BCUT2D eigenvalue weighted by Crippen LogP contribution is 2.32. The van der Waals surface area contributed by atoms with Crippen molar-refractivity contribution >= 4 is 28.5 Å². The number of hydrogen-bond donors (Lipinski definition) is 1. The first kappa shape index (κ1) is 11.9. The second-order valence-electron chi connectivity index (χ2n) is 4.04. The number of rotatable bonds is 3. The average molecular weight is 250 g/mol. The standard InChI is InChI=1S/C13H12ClNO2/c1-8(7-11(16)17)12-10(14)5-4-9-3-2-6-15-13(9)12/h2-6,8H,7H2,1H3,(H,16,17). The molecule has 2 aromatic rings. The third kappa shape index (κ3) is 2.39. The van der Waals surface area contributed by atoms with Crippen molar-refractivity contribution in [1.29, 1.82) is 0 Å². The number of hydrogen-bond acceptors (Lipinski definition) is 2. The fraction of sp³-hybridized carbons (Fsp3) is 0.231. The van der Waals surface area contributed by atoms with Crippen molar-refractivity contribution in [2.45, 2.75) is 19.3 Å². The van der Waals surface area contributed by atoms with Gasteiger partial charge in [-0.05, 0) is 18.1 Å². The summed E-state index contributed by atoms with van der Waals surface area (Å²) >= 11 is 6.15. The molecule has 0 fully saturated rings. The van der Waals surface area contributed by atoms with Crippen molar-refractivity contribution < 1.29 is 9.90 Å². The highest BCUT2D eigenvalue weighted by Gasteiger charge is 2.17. The number of carbonyl (C=O) groups is 1. The molecule has 3 nitrogen and oxygen atoms in total. The topological polar surface area (TPSA) is 50.2 Å². The summed E-state index contributed by atoms with van der Waals surface area (Å²) in [6.45, 7) is 1.85. The van der Waals surface area contributed by atoms with E-state index in [-0.39, 0.29) is 12.3 Å². The van der Waals surface area contributed by atoms with E-state index in [0.717, 1.165) is 16.5 Å². The van der Waals surface area contributed by atoms with Crippen molar-refractivity contribution in [1.82, 2.24) is 4.98 Å². The summed E-state index contributed by atoms with van der Waals surface area (Å²) in [5.41, 5.74) is 1.60. The lowest BCUT2D eigenvalue weighted by Crippen LogP contribution is -2.04. The van der Waals surface area contributed by atoms with Crippen LogP contribution in [0.4, 0.5) is 0 Å². The van der Waals surface area contributed by atoms with E-state index in [1.54, 1.807) is 12.3 Å². The maximum atomic E-state index is 10.8. The van der Waals surface area contributed by atoms with Gasteiger partial charge in [-0.15, -0.1) is 0 Å². The van der Waals surface area contributed by atoms with Crippen LogP contribution in [0.1, 0.15) is 24.8 Å². The molecular formula is C13H12ClNO2. The SMILES string of the molecule is CC(CC(=O)O)c1c(Cl)ccc2cccnc12. The Bertz CT molecular complexity index is 568. The normalized spacial score (nSPS) is 12.6. The Hall–Kier alpha value is -1.61. The summed E-state index contributed by atoms with van der Waals surface area (Å²) in [5.74, 6) is -0.986. The van der Waals surface area contributed by atoms with Crippen LogP contribution in [0.3, 0.4) is 0 Å². The number of pyridine rings is 1. The average Bonchev–Trinajstić information content (AvgIpc) is 2.27. The van der Waals surface area contributed by atoms with Crippen LogP contribution < -0.4 is 0 Å². The minimum atomic E-state index is -0.832. The van der Waals surface area contributed by atoms with E-state index in [9.17, 15) is 4.79 Å². The van der Waals surface area contributed by atoms with E-state index in [1.165, 1.54) is 0 Å². The first-order valence-corrected chi connectivity index (χ1v) is 5.72. The molecule has 0 aliphatic carbocycles. The molecule has 0 radical (unpaired) electrons. The van der Waals surface area contributed by atoms with Gasteiger partial charge in [0.05, 0.1) is 11.9 Å². The minimum Gasteiger partial charge on any atom is -0.481 e. The van der Waals surface area contributed by atoms with Gasteiger partial charge >= 0.3 is 5.97 Å². The Morgan fingerprint density at radius 3 is 2.94 bits per heavy atom. The molecule has 1 atom stereocenters. The molecule has 1 N–H and O–H groups in total. The lowest BCUT2D eigenvalue weighted by molar-refractivity contribution is -0.137. The van der Waals surface area contributed by atoms with Crippen LogP contribution in [-0.2, 0) is 4.79 Å². The number of nitrogens with zero attached hydrogens (tertiary/aromatic N) is 1. The van der Waals surface area contributed by atoms with Crippen LogP contribution in [0.2, 0.25) is 5.02 Å². The molecule has 0 spiro atoms. The number of carboxylic acids is 1. The molecule has 1 heterocycles. The Morgan fingerprint density at radius 2 is 2.24 bits per heavy atom. The van der Waals surface area contributed by atoms with Gasteiger partial charge in [0.1, 0.15) is 0 Å². The zero-order valence-corrected chi connectivity index (χ0v) is 10.1. The van der Waals surface area contributed by atoms with E-state index in [2.05, 4.69) is 4.98 Å². The van der Waals surface area contributed by atoms with E-state index in [1.807, 2.05) is 25.1 Å². The predicted octanol–water partition coefficient (Wildman–Crippen LogP) is 3.47. The summed E-state index contributed by atoms with van der Waals surface area (Å²) in [5, 5.41) is 10.4. The van der Waals surface area contributed by atoms with Crippen molar-refractivity contribution in [3.05, 3.63) is 41.0 Å². The third-order valence-corrected chi connectivity index (χ3v) is 3.06. The van der Waals surface area contributed by atoms with E-state index in [4.69, 9.17) is 16.7 Å². The molecule has 0 aliphatic heterocycles. The highest BCUT2D eigenvalue weighted by molar-refractivity contribution is 6.32. The first-order chi connectivity index (χ1) is 8.09. The maximum Gasteiger partial charge on any atom is 0.303 e. The number of halogens is 1. The van der Waals surface area contributed by atoms with Crippen LogP contribution in [-0.4, -0.2) is 16.1 Å². The molecule has 4 heteroatoms. The Labute approximate surface area is 104 Å². The molecule has 1 aromatic carbocycles. The minimum absolute atomic E-state index is 0.0510. The molecule has 1 unspecified atom stereocenters. The molecular weight excluding hydrogens is 238 g/mol. The van der Waals surface area contributed by atoms with Crippen LogP contribution in [0.15, 0.2) is 30.5 Å². The lowest BCUT2D eigenvalue weighted by Gasteiger charge is -2.13. The fourth-order valence-electron chi connectivity index (χ4n) is 1.98. The van der Waals surface area contributed by atoms with E-state index >= 15 is 0 Å². The van der Waals surface area contributed by atoms with Crippen LogP contribution in [0.25, 0.3) is 10.9 Å². The summed E-state index contributed by atoms with van der Waals surface area (Å²) < 4.78 is 0. The number of aliphatic carboxylic acids is 1. The molecule has 0 amide bonds. The number of benzene rings is 1. The van der Waals surface area contributed by atoms with Gasteiger partial charge in [0.15, 0.2) is 0 Å². The number of aromatic nitrogens is 1. The Kier molecular flexibility index (Phi) is 3.29. The molecule has 0 bridgehead atoms. The monoisotopic (exact) mass is 249 g/mol. The quantitative estimate of drug-likeness (QED) is 0.906. The van der Waals surface area contributed by atoms with Gasteiger partial charge in [0.25, 0.3) is 0 Å². The Morgan fingerprint density at radius 1 is 1.47 bits per heavy atom. The summed E-state index contributed by atoms with van der Waals surface area (Å²) in [6.07, 6.45) is 1.74. The van der Waals surface area contributed by atoms with Gasteiger partial charge in [-0.2, -0.15) is 0 Å². The number of carboxylic acid groups (broad SMARTS) is 1. The predicted molar refractivity (Wildman–Crippen MR) is 67.4 cm³/mol. The highest BCUT2D eigenvalue weighted by atomic mass is 35.5. The molecule has 2 rings (SSSR count). The second-order valence-corrected chi connectivity index (χ2v) is 4.44. The lowest BCUT2D eigenvalue weighted by atomic mass is 9.95. The van der Waals surface area contributed by atoms with Gasteiger partial charge in [-0.3, -0.25) is 9.78 Å². The summed E-state index contributed by atoms with van der Waals surface area (Å²) in [4.78, 5) is 15.1. The van der Waals surface area contributed by atoms with Crippen molar-refractivity contribution in [3.63, 3.8) is 0 Å². The zero-order valence-electron chi connectivity index (χ0n) is 9.35. The van der Waals surface area contributed by atoms with Crippen LogP contribution in [0, 0.1) is 0 Å². The molecule has 17 heavy (non-hydrogen) atoms. The van der Waals surface area contributed by atoms with Crippen molar-refractivity contribution in [2.75, 3.05) is 0 Å². The zero-order chi connectivity index (χ0) is 12.4. The molecule has 0 saturated carbocycles. The second kappa shape index (κ2) is 4.72. The van der Waals surface area contributed by atoms with Gasteiger partial charge in [0, 0.05) is 22.2 Å². The van der Waals surface area contributed by atoms with Crippen molar-refractivity contribution in [3.8, 4) is 0 Å². The molecule has 1 aromatic heterocycles. The third-order valence-electron chi connectivity index (χ3n) is 2.73. The van der Waals surface area contributed by atoms with Gasteiger partial charge < -0.3 is 5.11 Å². The smallest absolute Gasteiger partial charge is 0.303 e. The van der Waals surface area contributed by atoms with Gasteiger partial charge in [-0.25, -0.2) is 0 Å². The van der Waals surface area contributed by atoms with Crippen molar-refractivity contribution in [2.24, 2.45) is 0 Å². The maximum absolute atomic E-state index is 10.8. The van der Waals surface area contributed by atoms with Crippen LogP contribution >= 0.6 is 11.6 Å².